The van der Waals surface area contributed by atoms with Gasteiger partial charge in [-0.1, -0.05) is 17.7 Å². The number of nitrogens with zero attached hydrogens (tertiary/aromatic N) is 3. The third-order valence-electron chi connectivity index (χ3n) is 2.87. The first kappa shape index (κ1) is 9.59. The molecule has 1 aliphatic rings. The molecule has 0 aliphatic carbocycles. The number of rotatable bonds is 1. The second kappa shape index (κ2) is 3.45. The Bertz CT molecular complexity index is 566. The fourth-order valence-electron chi connectivity index (χ4n) is 1.99. The highest BCUT2D eigenvalue weighted by molar-refractivity contribution is 7.71. The van der Waals surface area contributed by atoms with Crippen molar-refractivity contribution in [3.05, 3.63) is 34.6 Å². The molecule has 5 heteroatoms. The molecule has 0 unspecified atom stereocenters. The second-order valence-electron chi connectivity index (χ2n) is 3.97. The summed E-state index contributed by atoms with van der Waals surface area (Å²) in [6, 6.07) is 8.45. The summed E-state index contributed by atoms with van der Waals surface area (Å²) in [5.74, 6) is 0.911. The van der Waals surface area contributed by atoms with Crippen LogP contribution < -0.4 is 4.90 Å². The number of anilines is 2. The van der Waals surface area contributed by atoms with Crippen LogP contribution in [0.15, 0.2) is 24.3 Å². The number of hydrogen-bond donors (Lipinski definition) is 1. The number of fused-ring (bicyclic) bond motifs is 1. The van der Waals surface area contributed by atoms with Gasteiger partial charge >= 0.3 is 0 Å². The molecule has 0 spiro atoms. The zero-order valence-corrected chi connectivity index (χ0v) is 9.79. The Morgan fingerprint density at radius 1 is 1.25 bits per heavy atom. The van der Waals surface area contributed by atoms with E-state index < -0.39 is 0 Å². The molecule has 2 aromatic rings. The monoisotopic (exact) mass is 232 g/mol. The summed E-state index contributed by atoms with van der Waals surface area (Å²) in [6.07, 6.45) is 0. The van der Waals surface area contributed by atoms with Crippen molar-refractivity contribution in [3.8, 4) is 0 Å². The van der Waals surface area contributed by atoms with Crippen LogP contribution in [0.4, 0.5) is 11.6 Å². The molecule has 4 nitrogen and oxygen atoms in total. The van der Waals surface area contributed by atoms with E-state index in [-0.39, 0.29) is 0 Å². The minimum atomic E-state index is 0.699. The van der Waals surface area contributed by atoms with Gasteiger partial charge in [0.25, 0.3) is 0 Å². The lowest BCUT2D eigenvalue weighted by molar-refractivity contribution is 0.776. The summed E-state index contributed by atoms with van der Waals surface area (Å²) in [4.78, 5) is 2.17. The highest BCUT2D eigenvalue weighted by atomic mass is 32.1. The summed E-state index contributed by atoms with van der Waals surface area (Å²) >= 11 is 5.15. The molecule has 1 N–H and O–H groups in total. The van der Waals surface area contributed by atoms with Crippen LogP contribution in [0.2, 0.25) is 0 Å². The predicted octanol–water partition coefficient (Wildman–Crippen LogP) is 2.40. The molecule has 3 rings (SSSR count). The number of aromatic nitrogens is 3. The molecule has 0 fully saturated rings. The highest BCUT2D eigenvalue weighted by Gasteiger charge is 2.22. The third-order valence-corrected chi connectivity index (χ3v) is 3.18. The molecule has 16 heavy (non-hydrogen) atoms. The van der Waals surface area contributed by atoms with E-state index in [1.165, 1.54) is 11.3 Å². The Morgan fingerprint density at radius 2 is 2.00 bits per heavy atom. The molecule has 82 valence electrons. The molecule has 1 aromatic carbocycles. The van der Waals surface area contributed by atoms with Crippen LogP contribution in [0, 0.1) is 11.7 Å². The Labute approximate surface area is 98.5 Å². The summed E-state index contributed by atoms with van der Waals surface area (Å²) in [5, 5.41) is 7.07. The minimum Gasteiger partial charge on any atom is -0.309 e. The van der Waals surface area contributed by atoms with Gasteiger partial charge in [-0.05, 0) is 31.3 Å². The molecule has 0 radical (unpaired) electrons. The zero-order chi connectivity index (χ0) is 11.1. The predicted molar refractivity (Wildman–Crippen MR) is 65.6 cm³/mol. The maximum Gasteiger partial charge on any atom is 0.230 e. The maximum absolute atomic E-state index is 5.15. The van der Waals surface area contributed by atoms with Gasteiger partial charge in [-0.3, -0.25) is 4.57 Å². The average molecular weight is 232 g/mol. The number of aromatic amines is 1. The molecule has 0 atom stereocenters. The second-order valence-corrected chi connectivity index (χ2v) is 4.35. The van der Waals surface area contributed by atoms with Crippen molar-refractivity contribution in [2.45, 2.75) is 13.5 Å². The fourth-order valence-corrected chi connectivity index (χ4v) is 2.20. The van der Waals surface area contributed by atoms with Crippen molar-refractivity contribution in [1.29, 1.82) is 0 Å². The number of benzene rings is 1. The molecule has 1 aliphatic heterocycles. The van der Waals surface area contributed by atoms with E-state index in [0.29, 0.717) is 4.77 Å². The summed E-state index contributed by atoms with van der Waals surface area (Å²) in [6.45, 7) is 3.92. The van der Waals surface area contributed by atoms with E-state index in [0.717, 1.165) is 19.0 Å². The molecule has 0 bridgehead atoms. The van der Waals surface area contributed by atoms with Gasteiger partial charge in [-0.2, -0.15) is 0 Å². The SMILES string of the molecule is Cc1ccc(N2CCn3c2n[nH]c3=S)cc1. The normalized spacial score (nSPS) is 14.2. The first-order chi connectivity index (χ1) is 7.75. The first-order valence-corrected chi connectivity index (χ1v) is 5.66. The molecular formula is C11H12N4S. The maximum atomic E-state index is 5.15. The van der Waals surface area contributed by atoms with Crippen LogP contribution in [-0.4, -0.2) is 21.3 Å². The smallest absolute Gasteiger partial charge is 0.230 e. The fraction of sp³-hybridized carbons (Fsp3) is 0.273. The van der Waals surface area contributed by atoms with Crippen molar-refractivity contribution >= 4 is 23.9 Å². The lowest BCUT2D eigenvalue weighted by Crippen LogP contribution is -2.14. The van der Waals surface area contributed by atoms with Crippen molar-refractivity contribution in [2.24, 2.45) is 0 Å². The van der Waals surface area contributed by atoms with E-state index in [1.807, 2.05) is 4.57 Å². The molecule has 1 aromatic heterocycles. The molecule has 0 saturated carbocycles. The van der Waals surface area contributed by atoms with Crippen LogP contribution >= 0.6 is 12.2 Å². The van der Waals surface area contributed by atoms with Gasteiger partial charge in [0.1, 0.15) is 0 Å². The Kier molecular flexibility index (Phi) is 2.07. The van der Waals surface area contributed by atoms with Crippen LogP contribution in [0.3, 0.4) is 0 Å². The Morgan fingerprint density at radius 3 is 2.75 bits per heavy atom. The van der Waals surface area contributed by atoms with Gasteiger partial charge in [0.2, 0.25) is 5.95 Å². The summed E-state index contributed by atoms with van der Waals surface area (Å²) in [7, 11) is 0. The van der Waals surface area contributed by atoms with Crippen molar-refractivity contribution < 1.29 is 0 Å². The standard InChI is InChI=1S/C11H12N4S/c1-8-2-4-9(5-3-8)14-6-7-15-10(14)12-13-11(15)16/h2-5H,6-7H2,1H3,(H,13,16). The van der Waals surface area contributed by atoms with Gasteiger partial charge in [0.15, 0.2) is 4.77 Å². The number of H-pyrrole nitrogens is 1. The van der Waals surface area contributed by atoms with Crippen molar-refractivity contribution in [2.75, 3.05) is 11.4 Å². The van der Waals surface area contributed by atoms with Crippen LogP contribution in [0.1, 0.15) is 5.56 Å². The molecule has 0 saturated heterocycles. The van der Waals surface area contributed by atoms with Crippen LogP contribution in [0.25, 0.3) is 0 Å². The van der Waals surface area contributed by atoms with Crippen LogP contribution in [0.5, 0.6) is 0 Å². The zero-order valence-electron chi connectivity index (χ0n) is 8.97. The van der Waals surface area contributed by atoms with Crippen molar-refractivity contribution in [1.82, 2.24) is 14.8 Å². The summed E-state index contributed by atoms with van der Waals surface area (Å²) < 4.78 is 2.72. The van der Waals surface area contributed by atoms with Gasteiger partial charge in [0, 0.05) is 18.8 Å². The minimum absolute atomic E-state index is 0.699. The van der Waals surface area contributed by atoms with Gasteiger partial charge in [0.05, 0.1) is 0 Å². The number of aryl methyl sites for hydroxylation is 1. The van der Waals surface area contributed by atoms with Crippen molar-refractivity contribution in [3.63, 3.8) is 0 Å². The van der Waals surface area contributed by atoms with E-state index in [2.05, 4.69) is 46.3 Å². The quantitative estimate of drug-likeness (QED) is 0.767. The average Bonchev–Trinajstić information content (AvgIpc) is 2.84. The lowest BCUT2D eigenvalue weighted by Gasteiger charge is -2.15. The van der Waals surface area contributed by atoms with Gasteiger partial charge in [-0.25, -0.2) is 5.10 Å². The molecular weight excluding hydrogens is 220 g/mol. The van der Waals surface area contributed by atoms with Gasteiger partial charge < -0.3 is 4.90 Å². The largest absolute Gasteiger partial charge is 0.309 e. The Balaban J connectivity index is 2.04. The Hall–Kier alpha value is -1.62. The van der Waals surface area contributed by atoms with E-state index in [1.54, 1.807) is 0 Å². The van der Waals surface area contributed by atoms with E-state index in [9.17, 15) is 0 Å². The number of nitrogens with one attached hydrogen (secondary N) is 1. The molecule has 2 heterocycles. The van der Waals surface area contributed by atoms with Crippen LogP contribution in [-0.2, 0) is 6.54 Å². The van der Waals surface area contributed by atoms with E-state index in [4.69, 9.17) is 12.2 Å². The topological polar surface area (TPSA) is 36.9 Å². The van der Waals surface area contributed by atoms with Gasteiger partial charge in [-0.15, -0.1) is 5.10 Å². The number of hydrogen-bond acceptors (Lipinski definition) is 3. The van der Waals surface area contributed by atoms with E-state index >= 15 is 0 Å². The lowest BCUT2D eigenvalue weighted by atomic mass is 10.2. The first-order valence-electron chi connectivity index (χ1n) is 5.25. The third kappa shape index (κ3) is 1.36. The highest BCUT2D eigenvalue weighted by Crippen LogP contribution is 2.27. The summed E-state index contributed by atoms with van der Waals surface area (Å²) in [5.41, 5.74) is 2.43. The molecule has 0 amide bonds.